The van der Waals surface area contributed by atoms with E-state index in [0.29, 0.717) is 26.3 Å². The Balaban J connectivity index is 1.74. The molecular weight excluding hydrogens is 322 g/mol. The Labute approximate surface area is 127 Å². The van der Waals surface area contributed by atoms with E-state index in [9.17, 15) is 4.79 Å². The molecule has 3 rings (SSSR count). The minimum atomic E-state index is -0.0678. The van der Waals surface area contributed by atoms with E-state index in [1.165, 1.54) is 0 Å². The number of pyridine rings is 1. The van der Waals surface area contributed by atoms with Gasteiger partial charge in [-0.25, -0.2) is 4.98 Å². The van der Waals surface area contributed by atoms with Gasteiger partial charge in [0.25, 0.3) is 0 Å². The monoisotopic (exact) mass is 339 g/mol. The third kappa shape index (κ3) is 2.81. The lowest BCUT2D eigenvalue weighted by Crippen LogP contribution is -2.50. The number of hydrogen-bond acceptors (Lipinski definition) is 4. The molecule has 1 aromatic rings. The molecule has 6 heteroatoms. The molecule has 0 unspecified atom stereocenters. The summed E-state index contributed by atoms with van der Waals surface area (Å²) in [6.45, 7) is 3.60. The van der Waals surface area contributed by atoms with Crippen molar-refractivity contribution in [3.63, 3.8) is 0 Å². The van der Waals surface area contributed by atoms with Gasteiger partial charge >= 0.3 is 0 Å². The van der Waals surface area contributed by atoms with Gasteiger partial charge in [0.15, 0.2) is 0 Å². The number of anilines is 1. The van der Waals surface area contributed by atoms with Crippen LogP contribution in [0.3, 0.4) is 0 Å². The fourth-order valence-corrected chi connectivity index (χ4v) is 3.06. The van der Waals surface area contributed by atoms with E-state index >= 15 is 0 Å². The van der Waals surface area contributed by atoms with E-state index in [1.807, 2.05) is 17.0 Å². The molecular formula is C14H18BrN3O2. The van der Waals surface area contributed by atoms with Crippen LogP contribution in [0.1, 0.15) is 12.8 Å². The topological polar surface area (TPSA) is 45.7 Å². The summed E-state index contributed by atoms with van der Waals surface area (Å²) in [6, 6.07) is 3.87. The van der Waals surface area contributed by atoms with E-state index in [-0.39, 0.29) is 11.9 Å². The third-order valence-electron chi connectivity index (χ3n) is 3.87. The summed E-state index contributed by atoms with van der Waals surface area (Å²) in [5, 5.41) is 0. The van der Waals surface area contributed by atoms with E-state index in [0.717, 1.165) is 29.7 Å². The molecule has 0 aliphatic carbocycles. The molecule has 2 fully saturated rings. The Morgan fingerprint density at radius 3 is 2.80 bits per heavy atom. The smallest absolute Gasteiger partial charge is 0.245 e. The first kappa shape index (κ1) is 13.8. The van der Waals surface area contributed by atoms with Crippen LogP contribution in [0, 0.1) is 0 Å². The summed E-state index contributed by atoms with van der Waals surface area (Å²) >= 11 is 3.39. The number of rotatable bonds is 2. The van der Waals surface area contributed by atoms with Gasteiger partial charge in [0.05, 0.1) is 13.2 Å². The lowest BCUT2D eigenvalue weighted by Gasteiger charge is -2.33. The quantitative estimate of drug-likeness (QED) is 0.822. The van der Waals surface area contributed by atoms with Gasteiger partial charge in [-0.15, -0.1) is 0 Å². The largest absolute Gasteiger partial charge is 0.378 e. The number of carbonyl (C=O) groups excluding carboxylic acids is 1. The highest BCUT2D eigenvalue weighted by atomic mass is 79.9. The highest BCUT2D eigenvalue weighted by Crippen LogP contribution is 2.26. The van der Waals surface area contributed by atoms with E-state index < -0.39 is 0 Å². The van der Waals surface area contributed by atoms with Gasteiger partial charge in [0.2, 0.25) is 5.91 Å². The van der Waals surface area contributed by atoms with Gasteiger partial charge in [-0.2, -0.15) is 0 Å². The summed E-state index contributed by atoms with van der Waals surface area (Å²) in [7, 11) is 0. The predicted molar refractivity (Wildman–Crippen MR) is 79.7 cm³/mol. The number of hydrogen-bond donors (Lipinski definition) is 0. The minimum Gasteiger partial charge on any atom is -0.378 e. The van der Waals surface area contributed by atoms with Crippen LogP contribution in [0.4, 0.5) is 5.82 Å². The Morgan fingerprint density at radius 2 is 2.10 bits per heavy atom. The average Bonchev–Trinajstić information content (AvgIpc) is 2.97. The Morgan fingerprint density at radius 1 is 1.30 bits per heavy atom. The Hall–Kier alpha value is -1.14. The molecule has 3 heterocycles. The highest BCUT2D eigenvalue weighted by Gasteiger charge is 2.34. The normalized spacial score (nSPS) is 23.1. The van der Waals surface area contributed by atoms with Gasteiger partial charge in [-0.05, 0) is 40.9 Å². The number of aromatic nitrogens is 1. The van der Waals surface area contributed by atoms with Crippen LogP contribution in [-0.4, -0.2) is 54.7 Å². The number of carbonyl (C=O) groups is 1. The third-order valence-corrected chi connectivity index (χ3v) is 4.34. The minimum absolute atomic E-state index is 0.0678. The van der Waals surface area contributed by atoms with Crippen LogP contribution in [0.5, 0.6) is 0 Å². The number of ether oxygens (including phenoxy) is 1. The number of nitrogens with zero attached hydrogens (tertiary/aromatic N) is 3. The summed E-state index contributed by atoms with van der Waals surface area (Å²) in [6.07, 6.45) is 3.73. The molecule has 0 bridgehead atoms. The highest BCUT2D eigenvalue weighted by molar-refractivity contribution is 9.10. The van der Waals surface area contributed by atoms with Gasteiger partial charge in [0.1, 0.15) is 11.9 Å². The molecule has 108 valence electrons. The SMILES string of the molecule is O=C([C@@H]1CCCN1c1ccc(Br)cn1)N1CCOCC1. The van der Waals surface area contributed by atoms with Crippen molar-refractivity contribution in [3.8, 4) is 0 Å². The lowest BCUT2D eigenvalue weighted by molar-refractivity contribution is -0.136. The van der Waals surface area contributed by atoms with Crippen molar-refractivity contribution < 1.29 is 9.53 Å². The molecule has 0 radical (unpaired) electrons. The Bertz CT molecular complexity index is 474. The summed E-state index contributed by atoms with van der Waals surface area (Å²) in [5.41, 5.74) is 0. The van der Waals surface area contributed by atoms with Crippen LogP contribution >= 0.6 is 15.9 Å². The van der Waals surface area contributed by atoms with E-state index in [2.05, 4.69) is 25.8 Å². The first-order valence-electron chi connectivity index (χ1n) is 7.00. The van der Waals surface area contributed by atoms with E-state index in [4.69, 9.17) is 4.74 Å². The zero-order valence-electron chi connectivity index (χ0n) is 11.3. The van der Waals surface area contributed by atoms with Crippen LogP contribution in [0.15, 0.2) is 22.8 Å². The molecule has 2 saturated heterocycles. The summed E-state index contributed by atoms with van der Waals surface area (Å²) in [4.78, 5) is 21.1. The van der Waals surface area contributed by atoms with Crippen molar-refractivity contribution in [2.24, 2.45) is 0 Å². The van der Waals surface area contributed by atoms with Crippen molar-refractivity contribution in [1.82, 2.24) is 9.88 Å². The summed E-state index contributed by atoms with van der Waals surface area (Å²) < 4.78 is 6.27. The molecule has 2 aliphatic heterocycles. The molecule has 1 aromatic heterocycles. The maximum Gasteiger partial charge on any atom is 0.245 e. The maximum absolute atomic E-state index is 12.6. The number of amides is 1. The fourth-order valence-electron chi connectivity index (χ4n) is 2.83. The maximum atomic E-state index is 12.6. The second kappa shape index (κ2) is 6.10. The molecule has 0 saturated carbocycles. The zero-order valence-corrected chi connectivity index (χ0v) is 12.9. The predicted octanol–water partition coefficient (Wildman–Crippen LogP) is 1.67. The molecule has 2 aliphatic rings. The average molecular weight is 340 g/mol. The second-order valence-corrected chi connectivity index (χ2v) is 6.04. The van der Waals surface area contributed by atoms with Crippen molar-refractivity contribution >= 4 is 27.7 Å². The standard InChI is InChI=1S/C14H18BrN3O2/c15-11-3-4-13(16-10-11)18-5-1-2-12(18)14(19)17-6-8-20-9-7-17/h3-4,10,12H,1-2,5-9H2/t12-/m0/s1. The molecule has 1 amide bonds. The van der Waals surface area contributed by atoms with E-state index in [1.54, 1.807) is 6.20 Å². The van der Waals surface area contributed by atoms with Crippen molar-refractivity contribution in [2.45, 2.75) is 18.9 Å². The van der Waals surface area contributed by atoms with Crippen molar-refractivity contribution in [1.29, 1.82) is 0 Å². The van der Waals surface area contributed by atoms with Crippen LogP contribution < -0.4 is 4.90 Å². The molecule has 0 spiro atoms. The van der Waals surface area contributed by atoms with Crippen LogP contribution in [0.2, 0.25) is 0 Å². The molecule has 5 nitrogen and oxygen atoms in total. The van der Waals surface area contributed by atoms with Crippen molar-refractivity contribution in [2.75, 3.05) is 37.7 Å². The molecule has 0 N–H and O–H groups in total. The first-order valence-corrected chi connectivity index (χ1v) is 7.80. The summed E-state index contributed by atoms with van der Waals surface area (Å²) in [5.74, 6) is 1.10. The van der Waals surface area contributed by atoms with Crippen LogP contribution in [0.25, 0.3) is 0 Å². The van der Waals surface area contributed by atoms with Gasteiger partial charge in [0, 0.05) is 30.3 Å². The number of halogens is 1. The molecule has 20 heavy (non-hydrogen) atoms. The van der Waals surface area contributed by atoms with Gasteiger partial charge in [-0.1, -0.05) is 0 Å². The fraction of sp³-hybridized carbons (Fsp3) is 0.571. The van der Waals surface area contributed by atoms with Gasteiger partial charge < -0.3 is 14.5 Å². The Kier molecular flexibility index (Phi) is 4.21. The zero-order chi connectivity index (χ0) is 13.9. The second-order valence-electron chi connectivity index (χ2n) is 5.12. The number of morpholine rings is 1. The van der Waals surface area contributed by atoms with Gasteiger partial charge in [-0.3, -0.25) is 4.79 Å². The van der Waals surface area contributed by atoms with Crippen molar-refractivity contribution in [3.05, 3.63) is 22.8 Å². The lowest BCUT2D eigenvalue weighted by atomic mass is 10.2. The molecule has 0 aromatic carbocycles. The first-order chi connectivity index (χ1) is 9.75. The molecule has 1 atom stereocenters. The van der Waals surface area contributed by atoms with Crippen LogP contribution in [-0.2, 0) is 9.53 Å².